The molecule has 0 aliphatic carbocycles. The molecule has 0 radical (unpaired) electrons. The monoisotopic (exact) mass is 312 g/mol. The maximum Gasteiger partial charge on any atom is 0.220 e. The lowest BCUT2D eigenvalue weighted by Crippen LogP contribution is -2.28. The van der Waals surface area contributed by atoms with Crippen LogP contribution in [0.5, 0.6) is 0 Å². The number of aliphatic hydroxyl groups is 1. The van der Waals surface area contributed by atoms with E-state index in [9.17, 15) is 14.3 Å². The molecule has 0 bridgehead atoms. The number of nitriles is 1. The second-order valence-corrected chi connectivity index (χ2v) is 5.15. The van der Waals surface area contributed by atoms with Gasteiger partial charge in [0, 0.05) is 18.5 Å². The van der Waals surface area contributed by atoms with Gasteiger partial charge in [0.1, 0.15) is 5.82 Å². The molecule has 1 atom stereocenters. The van der Waals surface area contributed by atoms with E-state index in [2.05, 4.69) is 5.32 Å². The van der Waals surface area contributed by atoms with E-state index in [0.29, 0.717) is 12.0 Å². The van der Waals surface area contributed by atoms with Crippen LogP contribution in [0.1, 0.15) is 29.2 Å². The highest BCUT2D eigenvalue weighted by Gasteiger charge is 2.13. The van der Waals surface area contributed by atoms with Crippen LogP contribution in [0.15, 0.2) is 48.5 Å². The molecule has 0 spiro atoms. The fourth-order valence-electron chi connectivity index (χ4n) is 2.16. The van der Waals surface area contributed by atoms with Crippen LogP contribution in [0.25, 0.3) is 0 Å². The summed E-state index contributed by atoms with van der Waals surface area (Å²) in [5.41, 5.74) is 1.69. The van der Waals surface area contributed by atoms with E-state index in [1.165, 1.54) is 12.1 Å². The van der Waals surface area contributed by atoms with Crippen LogP contribution in [0.4, 0.5) is 4.39 Å². The molecule has 0 aromatic heterocycles. The van der Waals surface area contributed by atoms with Gasteiger partial charge >= 0.3 is 0 Å². The van der Waals surface area contributed by atoms with Gasteiger partial charge < -0.3 is 10.4 Å². The summed E-state index contributed by atoms with van der Waals surface area (Å²) in [5.74, 6) is -0.711. The lowest BCUT2D eigenvalue weighted by molar-refractivity contribution is -0.121. The van der Waals surface area contributed by atoms with Crippen molar-refractivity contribution in [3.05, 3.63) is 71.0 Å². The highest BCUT2D eigenvalue weighted by atomic mass is 19.1. The summed E-state index contributed by atoms with van der Waals surface area (Å²) in [5, 5.41) is 21.2. The van der Waals surface area contributed by atoms with Crippen LogP contribution in [-0.2, 0) is 11.2 Å². The second-order valence-electron chi connectivity index (χ2n) is 5.15. The predicted octanol–water partition coefficient (Wildman–Crippen LogP) is 2.48. The molecule has 23 heavy (non-hydrogen) atoms. The number of benzene rings is 2. The zero-order valence-corrected chi connectivity index (χ0v) is 12.5. The minimum atomic E-state index is -1.07. The number of halogens is 1. The molecule has 2 N–H and O–H groups in total. The van der Waals surface area contributed by atoms with Crippen molar-refractivity contribution in [3.8, 4) is 6.07 Å². The molecule has 0 saturated carbocycles. The Balaban J connectivity index is 1.78. The summed E-state index contributed by atoms with van der Waals surface area (Å²) < 4.78 is 13.5. The lowest BCUT2D eigenvalue weighted by atomic mass is 10.1. The SMILES string of the molecule is N#Cc1ccc(CCC(=O)NCC(O)c2ccccc2F)cc1. The third-order valence-electron chi connectivity index (χ3n) is 3.48. The highest BCUT2D eigenvalue weighted by Crippen LogP contribution is 2.15. The Morgan fingerprint density at radius 1 is 1.22 bits per heavy atom. The second kappa shape index (κ2) is 8.06. The van der Waals surface area contributed by atoms with Gasteiger partial charge in [-0.05, 0) is 30.2 Å². The summed E-state index contributed by atoms with van der Waals surface area (Å²) in [7, 11) is 0. The van der Waals surface area contributed by atoms with Gasteiger partial charge in [-0.3, -0.25) is 4.79 Å². The first-order valence-corrected chi connectivity index (χ1v) is 7.28. The van der Waals surface area contributed by atoms with E-state index in [1.54, 1.807) is 36.4 Å². The molecule has 1 unspecified atom stereocenters. The average Bonchev–Trinajstić information content (AvgIpc) is 2.58. The zero-order valence-electron chi connectivity index (χ0n) is 12.5. The molecular formula is C18H17FN2O2. The number of aryl methyl sites for hydroxylation is 1. The molecule has 0 fully saturated rings. The fraction of sp³-hybridized carbons (Fsp3) is 0.222. The van der Waals surface area contributed by atoms with Gasteiger partial charge in [0.15, 0.2) is 0 Å². The van der Waals surface area contributed by atoms with E-state index < -0.39 is 11.9 Å². The number of amides is 1. The van der Waals surface area contributed by atoms with Crippen LogP contribution in [-0.4, -0.2) is 17.6 Å². The summed E-state index contributed by atoms with van der Waals surface area (Å²) in [6, 6.07) is 15.0. The molecule has 2 aromatic carbocycles. The van der Waals surface area contributed by atoms with E-state index in [-0.39, 0.29) is 24.4 Å². The fourth-order valence-corrected chi connectivity index (χ4v) is 2.16. The molecule has 0 saturated heterocycles. The van der Waals surface area contributed by atoms with Crippen LogP contribution in [0.3, 0.4) is 0 Å². The maximum absolute atomic E-state index is 13.5. The van der Waals surface area contributed by atoms with Crippen molar-refractivity contribution in [2.45, 2.75) is 18.9 Å². The Hall–Kier alpha value is -2.71. The number of aliphatic hydroxyl groups excluding tert-OH is 1. The third-order valence-corrected chi connectivity index (χ3v) is 3.48. The minimum Gasteiger partial charge on any atom is -0.386 e. The van der Waals surface area contributed by atoms with E-state index >= 15 is 0 Å². The van der Waals surface area contributed by atoms with Gasteiger partial charge in [-0.15, -0.1) is 0 Å². The smallest absolute Gasteiger partial charge is 0.220 e. The Morgan fingerprint density at radius 3 is 2.57 bits per heavy atom. The Morgan fingerprint density at radius 2 is 1.91 bits per heavy atom. The number of rotatable bonds is 6. The number of nitrogens with one attached hydrogen (secondary N) is 1. The van der Waals surface area contributed by atoms with Crippen molar-refractivity contribution >= 4 is 5.91 Å². The molecule has 4 nitrogen and oxygen atoms in total. The van der Waals surface area contributed by atoms with Crippen molar-refractivity contribution < 1.29 is 14.3 Å². The molecule has 118 valence electrons. The summed E-state index contributed by atoms with van der Waals surface area (Å²) >= 11 is 0. The number of carbonyl (C=O) groups is 1. The van der Waals surface area contributed by atoms with Crippen LogP contribution in [0.2, 0.25) is 0 Å². The first kappa shape index (κ1) is 16.7. The molecule has 0 aliphatic heterocycles. The largest absolute Gasteiger partial charge is 0.386 e. The van der Waals surface area contributed by atoms with Gasteiger partial charge in [-0.2, -0.15) is 5.26 Å². The number of nitrogens with zero attached hydrogens (tertiary/aromatic N) is 1. The minimum absolute atomic E-state index is 0.0346. The molecule has 2 rings (SSSR count). The average molecular weight is 312 g/mol. The Labute approximate surface area is 134 Å². The quantitative estimate of drug-likeness (QED) is 0.860. The Kier molecular flexibility index (Phi) is 5.84. The van der Waals surface area contributed by atoms with Crippen LogP contribution < -0.4 is 5.32 Å². The van der Waals surface area contributed by atoms with Crippen molar-refractivity contribution in [1.29, 1.82) is 5.26 Å². The first-order valence-electron chi connectivity index (χ1n) is 7.28. The van der Waals surface area contributed by atoms with Crippen LogP contribution in [0, 0.1) is 17.1 Å². The number of hydrogen-bond acceptors (Lipinski definition) is 3. The molecule has 2 aromatic rings. The lowest BCUT2D eigenvalue weighted by Gasteiger charge is -2.13. The van der Waals surface area contributed by atoms with Gasteiger partial charge in [-0.1, -0.05) is 30.3 Å². The van der Waals surface area contributed by atoms with Crippen molar-refractivity contribution in [1.82, 2.24) is 5.32 Å². The molecule has 0 aliphatic rings. The number of carbonyl (C=O) groups excluding carboxylic acids is 1. The van der Waals surface area contributed by atoms with Crippen LogP contribution >= 0.6 is 0 Å². The van der Waals surface area contributed by atoms with E-state index in [4.69, 9.17) is 5.26 Å². The van der Waals surface area contributed by atoms with Crippen molar-refractivity contribution in [2.24, 2.45) is 0 Å². The molecule has 5 heteroatoms. The topological polar surface area (TPSA) is 73.1 Å². The maximum atomic E-state index is 13.5. The predicted molar refractivity (Wildman–Crippen MR) is 83.8 cm³/mol. The molecule has 1 amide bonds. The third kappa shape index (κ3) is 4.90. The number of hydrogen-bond donors (Lipinski definition) is 2. The van der Waals surface area contributed by atoms with E-state index in [1.807, 2.05) is 6.07 Å². The van der Waals surface area contributed by atoms with Gasteiger partial charge in [0.2, 0.25) is 5.91 Å². The molecular weight excluding hydrogens is 295 g/mol. The summed E-state index contributed by atoms with van der Waals surface area (Å²) in [4.78, 5) is 11.8. The van der Waals surface area contributed by atoms with Crippen molar-refractivity contribution in [3.63, 3.8) is 0 Å². The first-order chi connectivity index (χ1) is 11.1. The normalized spacial score (nSPS) is 11.5. The standard InChI is InChI=1S/C18H17FN2O2/c19-16-4-2-1-3-15(16)17(22)12-21-18(23)10-9-13-5-7-14(11-20)8-6-13/h1-8,17,22H,9-10,12H2,(H,21,23). The Bertz CT molecular complexity index is 708. The van der Waals surface area contributed by atoms with Crippen molar-refractivity contribution in [2.75, 3.05) is 6.54 Å². The van der Waals surface area contributed by atoms with Gasteiger partial charge in [-0.25, -0.2) is 4.39 Å². The highest BCUT2D eigenvalue weighted by molar-refractivity contribution is 5.76. The summed E-state index contributed by atoms with van der Waals surface area (Å²) in [6.45, 7) is -0.0346. The summed E-state index contributed by atoms with van der Waals surface area (Å²) in [6.07, 6.45) is -0.279. The molecule has 0 heterocycles. The van der Waals surface area contributed by atoms with Gasteiger partial charge in [0.05, 0.1) is 17.7 Å². The zero-order chi connectivity index (χ0) is 16.7. The van der Waals surface area contributed by atoms with Gasteiger partial charge in [0.25, 0.3) is 0 Å². The van der Waals surface area contributed by atoms with E-state index in [0.717, 1.165) is 5.56 Å².